The second kappa shape index (κ2) is 6.72. The van der Waals surface area contributed by atoms with Crippen molar-refractivity contribution in [1.82, 2.24) is 15.3 Å². The molecule has 96 valence electrons. The third kappa shape index (κ3) is 5.41. The van der Waals surface area contributed by atoms with E-state index < -0.39 is 7.52 Å². The maximum Gasteiger partial charge on any atom is 0.266 e. The number of rotatable bonds is 6. The van der Waals surface area contributed by atoms with E-state index >= 15 is 0 Å². The molecular formula is C10H24N3O2P. The van der Waals surface area contributed by atoms with Gasteiger partial charge in [0.1, 0.15) is 0 Å². The van der Waals surface area contributed by atoms with Gasteiger partial charge in [-0.3, -0.25) is 4.57 Å². The molecule has 6 heteroatoms. The molecule has 2 N–H and O–H groups in total. The molecule has 0 saturated carbocycles. The summed E-state index contributed by atoms with van der Waals surface area (Å²) in [6, 6.07) is 0.608. The van der Waals surface area contributed by atoms with E-state index in [0.717, 1.165) is 19.6 Å². The summed E-state index contributed by atoms with van der Waals surface area (Å²) in [5.41, 5.74) is 0. The molecule has 1 aliphatic rings. The highest BCUT2D eigenvalue weighted by molar-refractivity contribution is 7.55. The van der Waals surface area contributed by atoms with Crippen LogP contribution < -0.4 is 10.4 Å². The molecule has 0 bridgehead atoms. The Hall–Kier alpha value is 0.0700. The molecule has 1 fully saturated rings. The first-order valence-corrected chi connectivity index (χ1v) is 7.91. The van der Waals surface area contributed by atoms with Gasteiger partial charge in [-0.25, -0.2) is 5.09 Å². The number of nitrogens with zero attached hydrogens (tertiary/aromatic N) is 1. The Morgan fingerprint density at radius 3 is 2.56 bits per heavy atom. The fourth-order valence-electron chi connectivity index (χ4n) is 1.81. The Balaban J connectivity index is 2.05. The summed E-state index contributed by atoms with van der Waals surface area (Å²) in [6.45, 7) is 5.46. The molecule has 1 saturated heterocycles. The quantitative estimate of drug-likeness (QED) is 0.537. The van der Waals surface area contributed by atoms with E-state index in [1.807, 2.05) is 0 Å². The fourth-order valence-corrected chi connectivity index (χ4v) is 2.46. The molecule has 0 amide bonds. The van der Waals surface area contributed by atoms with Crippen LogP contribution in [0.25, 0.3) is 0 Å². The minimum absolute atomic E-state index is 0.608. The Labute approximate surface area is 98.4 Å². The highest BCUT2D eigenvalue weighted by Gasteiger charge is 2.16. The van der Waals surface area contributed by atoms with Crippen LogP contribution in [0.2, 0.25) is 0 Å². The molecule has 1 rings (SSSR count). The summed E-state index contributed by atoms with van der Waals surface area (Å²) < 4.78 is 16.4. The smallest absolute Gasteiger partial charge is 0.266 e. The third-order valence-electron chi connectivity index (χ3n) is 3.02. The first-order chi connectivity index (χ1) is 7.53. The molecule has 0 aromatic heterocycles. The Morgan fingerprint density at radius 1 is 1.38 bits per heavy atom. The first-order valence-electron chi connectivity index (χ1n) is 5.84. The Morgan fingerprint density at radius 2 is 2.00 bits per heavy atom. The number of nitrogens with one attached hydrogen (secondary N) is 2. The van der Waals surface area contributed by atoms with Crippen molar-refractivity contribution < 1.29 is 9.09 Å². The van der Waals surface area contributed by atoms with Crippen molar-refractivity contribution in [2.75, 3.05) is 47.0 Å². The van der Waals surface area contributed by atoms with Gasteiger partial charge in [0.05, 0.1) is 0 Å². The monoisotopic (exact) mass is 249 g/mol. The number of hydrogen-bond acceptors (Lipinski definition) is 4. The van der Waals surface area contributed by atoms with Gasteiger partial charge in [0.2, 0.25) is 0 Å². The van der Waals surface area contributed by atoms with Crippen LogP contribution in [0.5, 0.6) is 0 Å². The summed E-state index contributed by atoms with van der Waals surface area (Å²) in [6.07, 6.45) is 2.40. The van der Waals surface area contributed by atoms with Crippen LogP contribution in [-0.2, 0) is 9.09 Å². The maximum atomic E-state index is 11.5. The van der Waals surface area contributed by atoms with E-state index in [1.165, 1.54) is 20.0 Å². The number of hydrogen-bond donors (Lipinski definition) is 2. The van der Waals surface area contributed by atoms with Gasteiger partial charge in [-0.05, 0) is 33.0 Å². The lowest BCUT2D eigenvalue weighted by molar-refractivity contribution is 0.235. The molecule has 1 unspecified atom stereocenters. The maximum absolute atomic E-state index is 11.5. The largest absolute Gasteiger partial charge is 0.321 e. The molecule has 16 heavy (non-hydrogen) atoms. The summed E-state index contributed by atoms with van der Waals surface area (Å²) in [5, 5.41) is 6.39. The summed E-state index contributed by atoms with van der Waals surface area (Å²) in [7, 11) is 1.08. The van der Waals surface area contributed by atoms with Gasteiger partial charge in [-0.1, -0.05) is 0 Å². The third-order valence-corrected chi connectivity index (χ3v) is 4.52. The van der Waals surface area contributed by atoms with Gasteiger partial charge in [-0.2, -0.15) is 0 Å². The number of piperidine rings is 1. The molecule has 0 aliphatic carbocycles. The topological polar surface area (TPSA) is 53.6 Å². The predicted molar refractivity (Wildman–Crippen MR) is 67.1 cm³/mol. The molecule has 0 radical (unpaired) electrons. The molecule has 1 atom stereocenters. The highest BCUT2D eigenvalue weighted by Crippen LogP contribution is 2.35. The van der Waals surface area contributed by atoms with Crippen LogP contribution in [0.15, 0.2) is 0 Å². The van der Waals surface area contributed by atoms with Crippen LogP contribution in [0.4, 0.5) is 0 Å². The van der Waals surface area contributed by atoms with Gasteiger partial charge in [-0.15, -0.1) is 0 Å². The lowest BCUT2D eigenvalue weighted by Crippen LogP contribution is -2.42. The zero-order valence-electron chi connectivity index (χ0n) is 10.5. The highest BCUT2D eigenvalue weighted by atomic mass is 31.2. The Kier molecular flexibility index (Phi) is 5.94. The zero-order valence-corrected chi connectivity index (χ0v) is 11.4. The van der Waals surface area contributed by atoms with E-state index in [1.54, 1.807) is 6.66 Å². The average Bonchev–Trinajstić information content (AvgIpc) is 2.27. The van der Waals surface area contributed by atoms with E-state index in [0.29, 0.717) is 12.6 Å². The summed E-state index contributed by atoms with van der Waals surface area (Å²) >= 11 is 0. The summed E-state index contributed by atoms with van der Waals surface area (Å²) in [4.78, 5) is 2.35. The van der Waals surface area contributed by atoms with Crippen LogP contribution in [-0.4, -0.2) is 57.9 Å². The molecule has 1 heterocycles. The van der Waals surface area contributed by atoms with Crippen LogP contribution >= 0.6 is 7.52 Å². The molecule has 0 aromatic rings. The van der Waals surface area contributed by atoms with Crippen molar-refractivity contribution in [2.24, 2.45) is 0 Å². The van der Waals surface area contributed by atoms with Crippen molar-refractivity contribution in [3.63, 3.8) is 0 Å². The second-order valence-electron chi connectivity index (χ2n) is 4.47. The molecule has 1 aliphatic heterocycles. The van der Waals surface area contributed by atoms with Crippen molar-refractivity contribution in [1.29, 1.82) is 0 Å². The van der Waals surface area contributed by atoms with Crippen LogP contribution in [0.1, 0.15) is 12.8 Å². The number of likely N-dealkylation sites (tertiary alicyclic amines) is 1. The lowest BCUT2D eigenvalue weighted by atomic mass is 10.1. The molecule has 5 nitrogen and oxygen atoms in total. The predicted octanol–water partition coefficient (Wildman–Crippen LogP) is 0.729. The van der Waals surface area contributed by atoms with E-state index in [9.17, 15) is 4.57 Å². The first kappa shape index (κ1) is 14.1. The minimum atomic E-state index is -2.55. The Bertz CT molecular complexity index is 242. The molecule has 0 spiro atoms. The van der Waals surface area contributed by atoms with E-state index in [-0.39, 0.29) is 0 Å². The van der Waals surface area contributed by atoms with Crippen LogP contribution in [0.3, 0.4) is 0 Å². The van der Waals surface area contributed by atoms with Gasteiger partial charge in [0, 0.05) is 32.9 Å². The van der Waals surface area contributed by atoms with Gasteiger partial charge in [0.15, 0.2) is 0 Å². The molecule has 0 aromatic carbocycles. The average molecular weight is 249 g/mol. The van der Waals surface area contributed by atoms with Crippen molar-refractivity contribution in [3.8, 4) is 0 Å². The van der Waals surface area contributed by atoms with Gasteiger partial charge < -0.3 is 14.7 Å². The van der Waals surface area contributed by atoms with Gasteiger partial charge in [0.25, 0.3) is 7.52 Å². The van der Waals surface area contributed by atoms with Crippen molar-refractivity contribution in [2.45, 2.75) is 18.9 Å². The van der Waals surface area contributed by atoms with Gasteiger partial charge >= 0.3 is 0 Å². The van der Waals surface area contributed by atoms with Crippen LogP contribution in [0, 0.1) is 0 Å². The SMILES string of the molecule is COP(C)(=O)NCCNC1CCN(C)CC1. The standard InChI is InChI=1S/C10H24N3O2P/c1-13-8-4-10(5-9-13)11-6-7-12-16(3,14)15-2/h10-11H,4-9H2,1-3H3,(H,12,14). The van der Waals surface area contributed by atoms with Crippen molar-refractivity contribution in [3.05, 3.63) is 0 Å². The zero-order chi connectivity index (χ0) is 12.0. The summed E-state index contributed by atoms with van der Waals surface area (Å²) in [5.74, 6) is 0. The van der Waals surface area contributed by atoms with E-state index in [4.69, 9.17) is 4.52 Å². The fraction of sp³-hybridized carbons (Fsp3) is 1.00. The lowest BCUT2D eigenvalue weighted by Gasteiger charge is -2.29. The minimum Gasteiger partial charge on any atom is -0.321 e. The normalized spacial score (nSPS) is 23.2. The van der Waals surface area contributed by atoms with Crippen molar-refractivity contribution >= 4 is 7.52 Å². The second-order valence-corrected chi connectivity index (χ2v) is 6.84. The van der Waals surface area contributed by atoms with E-state index in [2.05, 4.69) is 22.4 Å². The molecular weight excluding hydrogens is 225 g/mol.